The van der Waals surface area contributed by atoms with Crippen LogP contribution in [0.25, 0.3) is 0 Å². The highest BCUT2D eigenvalue weighted by molar-refractivity contribution is 5.99. The number of aromatic hydroxyl groups is 1. The molecule has 0 bridgehead atoms. The average Bonchev–Trinajstić information content (AvgIpc) is 3.17. The van der Waals surface area contributed by atoms with Gasteiger partial charge in [0, 0.05) is 29.5 Å². The second-order valence-corrected chi connectivity index (χ2v) is 8.54. The van der Waals surface area contributed by atoms with Gasteiger partial charge in [-0.25, -0.2) is 10.9 Å². The van der Waals surface area contributed by atoms with Crippen molar-refractivity contribution in [2.75, 3.05) is 14.2 Å². The maximum Gasteiger partial charge on any atom is 0.161 e. The first-order valence-corrected chi connectivity index (χ1v) is 10.7. The van der Waals surface area contributed by atoms with E-state index in [2.05, 4.69) is 16.2 Å². The second-order valence-electron chi connectivity index (χ2n) is 8.54. The summed E-state index contributed by atoms with van der Waals surface area (Å²) in [4.78, 5) is 13.5. The SMILES string of the molecule is COc1ccc([C@H]2CC(=O)C3=C(C2)NC2NNC(O)C2[C@@H]3c2cccc(O)c2)cc1OC. The van der Waals surface area contributed by atoms with Gasteiger partial charge < -0.3 is 25.0 Å². The van der Waals surface area contributed by atoms with Gasteiger partial charge in [0.1, 0.15) is 12.0 Å². The molecule has 0 radical (unpaired) electrons. The van der Waals surface area contributed by atoms with Crippen molar-refractivity contribution in [1.82, 2.24) is 16.2 Å². The number of methoxy groups -OCH3 is 2. The number of nitrogens with one attached hydrogen (secondary N) is 3. The number of benzene rings is 2. The summed E-state index contributed by atoms with van der Waals surface area (Å²) >= 11 is 0. The maximum atomic E-state index is 13.5. The molecule has 0 amide bonds. The largest absolute Gasteiger partial charge is 0.508 e. The number of hydrogen-bond acceptors (Lipinski definition) is 8. The minimum atomic E-state index is -0.828. The summed E-state index contributed by atoms with van der Waals surface area (Å²) in [6.07, 6.45) is -0.0506. The number of carbonyl (C=O) groups excluding carboxylic acids is 1. The molecule has 8 heteroatoms. The number of carbonyl (C=O) groups is 1. The summed E-state index contributed by atoms with van der Waals surface area (Å²) in [5, 5.41) is 24.1. The fourth-order valence-corrected chi connectivity index (χ4v) is 5.32. The first kappa shape index (κ1) is 20.8. The summed E-state index contributed by atoms with van der Waals surface area (Å²) in [5.41, 5.74) is 9.38. The van der Waals surface area contributed by atoms with Gasteiger partial charge in [0.25, 0.3) is 0 Å². The predicted octanol–water partition coefficient (Wildman–Crippen LogP) is 1.87. The molecule has 8 nitrogen and oxygen atoms in total. The molecule has 5 N–H and O–H groups in total. The van der Waals surface area contributed by atoms with Crippen LogP contribution in [0.2, 0.25) is 0 Å². The van der Waals surface area contributed by atoms with Crippen molar-refractivity contribution in [3.05, 3.63) is 64.9 Å². The zero-order chi connectivity index (χ0) is 22.4. The summed E-state index contributed by atoms with van der Waals surface area (Å²) < 4.78 is 10.8. The Bertz CT molecular complexity index is 1090. The van der Waals surface area contributed by atoms with E-state index in [0.717, 1.165) is 16.8 Å². The number of aliphatic hydroxyl groups excluding tert-OH is 1. The van der Waals surface area contributed by atoms with E-state index in [1.807, 2.05) is 24.3 Å². The lowest BCUT2D eigenvalue weighted by Gasteiger charge is -2.42. The van der Waals surface area contributed by atoms with Gasteiger partial charge in [-0.1, -0.05) is 18.2 Å². The van der Waals surface area contributed by atoms with Crippen molar-refractivity contribution < 1.29 is 24.5 Å². The van der Waals surface area contributed by atoms with Crippen LogP contribution < -0.4 is 25.6 Å². The number of Topliss-reactive ketones (excluding diaryl/α,β-unsaturated/α-hetero) is 1. The monoisotopic (exact) mass is 437 g/mol. The maximum absolute atomic E-state index is 13.5. The number of hydrogen-bond donors (Lipinski definition) is 5. The van der Waals surface area contributed by atoms with E-state index in [4.69, 9.17) is 9.47 Å². The fraction of sp³-hybridized carbons (Fsp3) is 0.375. The van der Waals surface area contributed by atoms with Crippen LogP contribution in [0.5, 0.6) is 17.2 Å². The molecule has 2 aromatic carbocycles. The van der Waals surface area contributed by atoms with Crippen LogP contribution >= 0.6 is 0 Å². The Hall–Kier alpha value is -3.07. The van der Waals surface area contributed by atoms with E-state index < -0.39 is 6.23 Å². The Balaban J connectivity index is 1.55. The smallest absolute Gasteiger partial charge is 0.161 e. The van der Waals surface area contributed by atoms with Gasteiger partial charge in [0.2, 0.25) is 0 Å². The molecule has 168 valence electrons. The Morgan fingerprint density at radius 2 is 1.78 bits per heavy atom. The second kappa shape index (κ2) is 8.12. The zero-order valence-corrected chi connectivity index (χ0v) is 18.0. The van der Waals surface area contributed by atoms with Gasteiger partial charge in [-0.2, -0.15) is 0 Å². The van der Waals surface area contributed by atoms with Crippen LogP contribution in [0.4, 0.5) is 0 Å². The highest BCUT2D eigenvalue weighted by Gasteiger charge is 2.49. The molecule has 32 heavy (non-hydrogen) atoms. The number of phenols is 1. The van der Waals surface area contributed by atoms with Crippen LogP contribution in [-0.2, 0) is 4.79 Å². The third kappa shape index (κ3) is 3.40. The molecular weight excluding hydrogens is 410 g/mol. The van der Waals surface area contributed by atoms with Crippen molar-refractivity contribution in [1.29, 1.82) is 0 Å². The highest BCUT2D eigenvalue weighted by atomic mass is 16.5. The van der Waals surface area contributed by atoms with Gasteiger partial charge >= 0.3 is 0 Å². The molecule has 1 saturated heterocycles. The molecule has 5 rings (SSSR count). The first-order chi connectivity index (χ1) is 15.5. The van der Waals surface area contributed by atoms with Crippen molar-refractivity contribution in [3.63, 3.8) is 0 Å². The van der Waals surface area contributed by atoms with E-state index in [-0.39, 0.29) is 35.5 Å². The van der Waals surface area contributed by atoms with Gasteiger partial charge in [-0.15, -0.1) is 0 Å². The number of rotatable bonds is 4. The van der Waals surface area contributed by atoms with Crippen molar-refractivity contribution in [2.45, 2.75) is 37.1 Å². The molecule has 0 saturated carbocycles. The van der Waals surface area contributed by atoms with Crippen LogP contribution in [0.15, 0.2) is 53.7 Å². The average molecular weight is 437 g/mol. The zero-order valence-electron chi connectivity index (χ0n) is 18.0. The number of fused-ring (bicyclic) bond motifs is 1. The summed E-state index contributed by atoms with van der Waals surface area (Å²) in [7, 11) is 3.20. The lowest BCUT2D eigenvalue weighted by molar-refractivity contribution is -0.117. The number of ether oxygens (including phenoxy) is 2. The lowest BCUT2D eigenvalue weighted by Crippen LogP contribution is -2.51. The minimum Gasteiger partial charge on any atom is -0.508 e. The van der Waals surface area contributed by atoms with Crippen molar-refractivity contribution >= 4 is 5.78 Å². The molecule has 3 aliphatic rings. The number of aliphatic hydroxyl groups is 1. The summed E-state index contributed by atoms with van der Waals surface area (Å²) in [6.45, 7) is 0. The Labute approximate surface area is 186 Å². The van der Waals surface area contributed by atoms with Crippen LogP contribution in [-0.4, -0.2) is 42.6 Å². The molecule has 2 aliphatic heterocycles. The van der Waals surface area contributed by atoms with Gasteiger partial charge in [0.15, 0.2) is 17.3 Å². The molecule has 5 atom stereocenters. The summed E-state index contributed by atoms with van der Waals surface area (Å²) in [5.74, 6) is 0.836. The minimum absolute atomic E-state index is 0.00535. The topological polar surface area (TPSA) is 112 Å². The Morgan fingerprint density at radius 3 is 2.53 bits per heavy atom. The Morgan fingerprint density at radius 1 is 0.969 bits per heavy atom. The third-order valence-corrected chi connectivity index (χ3v) is 6.78. The molecule has 2 heterocycles. The normalized spacial score (nSPS) is 29.2. The van der Waals surface area contributed by atoms with Crippen LogP contribution in [0.1, 0.15) is 35.8 Å². The number of allylic oxidation sites excluding steroid dienone is 2. The number of phenolic OH excluding ortho intramolecular Hbond substituents is 1. The van der Waals surface area contributed by atoms with E-state index >= 15 is 0 Å². The van der Waals surface area contributed by atoms with E-state index in [9.17, 15) is 15.0 Å². The number of hydrazine groups is 1. The molecule has 1 aliphatic carbocycles. The molecule has 3 unspecified atom stereocenters. The van der Waals surface area contributed by atoms with Gasteiger partial charge in [-0.3, -0.25) is 4.79 Å². The quantitative estimate of drug-likeness (QED) is 0.493. The van der Waals surface area contributed by atoms with Crippen molar-refractivity contribution in [3.8, 4) is 17.2 Å². The number of ketones is 1. The van der Waals surface area contributed by atoms with E-state index in [1.165, 1.54) is 0 Å². The lowest BCUT2D eigenvalue weighted by atomic mass is 9.69. The van der Waals surface area contributed by atoms with Crippen LogP contribution in [0.3, 0.4) is 0 Å². The van der Waals surface area contributed by atoms with Gasteiger partial charge in [0.05, 0.1) is 20.4 Å². The predicted molar refractivity (Wildman–Crippen MR) is 117 cm³/mol. The van der Waals surface area contributed by atoms with Crippen molar-refractivity contribution in [2.24, 2.45) is 5.92 Å². The fourth-order valence-electron chi connectivity index (χ4n) is 5.32. The van der Waals surface area contributed by atoms with Crippen LogP contribution in [0, 0.1) is 5.92 Å². The Kier molecular flexibility index (Phi) is 5.28. The third-order valence-electron chi connectivity index (χ3n) is 6.78. The molecular formula is C24H27N3O5. The highest BCUT2D eigenvalue weighted by Crippen LogP contribution is 2.48. The molecule has 1 fully saturated rings. The standard InChI is InChI=1S/C24H27N3O5/c1-31-18-7-6-12(11-19(18)32-2)14-9-16-21(17(29)10-14)20(13-4-3-5-15(28)8-13)22-23(25-16)26-27-24(22)30/h3-8,11,14,20,22-28,30H,9-10H2,1-2H3/t14-,20-,22?,23?,24?/m1/s1. The van der Waals surface area contributed by atoms with E-state index in [0.29, 0.717) is 29.9 Å². The first-order valence-electron chi connectivity index (χ1n) is 10.7. The summed E-state index contributed by atoms with van der Waals surface area (Å²) in [6, 6.07) is 12.7. The molecule has 2 aromatic rings. The molecule has 0 aromatic heterocycles. The molecule has 0 spiro atoms. The van der Waals surface area contributed by atoms with E-state index in [1.54, 1.807) is 32.4 Å². The van der Waals surface area contributed by atoms with Gasteiger partial charge in [-0.05, 0) is 47.7 Å².